The first-order valence-electron chi connectivity index (χ1n) is 9.57. The lowest BCUT2D eigenvalue weighted by molar-refractivity contribution is 0.102. The van der Waals surface area contributed by atoms with E-state index in [1.807, 2.05) is 36.4 Å². The summed E-state index contributed by atoms with van der Waals surface area (Å²) in [6.45, 7) is 0. The van der Waals surface area contributed by atoms with Crippen LogP contribution in [0.15, 0.2) is 60.8 Å². The number of anilines is 2. The number of methoxy groups -OCH3 is 2. The van der Waals surface area contributed by atoms with Crippen molar-refractivity contribution >= 4 is 28.4 Å². The monoisotopic (exact) mass is 415 g/mol. The van der Waals surface area contributed by atoms with Crippen molar-refractivity contribution in [2.75, 3.05) is 31.9 Å². The topological polar surface area (TPSA) is 98.3 Å². The average Bonchev–Trinajstić information content (AvgIpc) is 2.83. The fourth-order valence-corrected chi connectivity index (χ4v) is 3.22. The van der Waals surface area contributed by atoms with Gasteiger partial charge in [0.05, 0.1) is 25.4 Å². The molecule has 156 valence electrons. The molecular formula is C23H21N5O3. The zero-order chi connectivity index (χ0) is 21.8. The third-order valence-corrected chi connectivity index (χ3v) is 4.72. The first-order chi connectivity index (χ1) is 15.1. The second kappa shape index (κ2) is 8.66. The van der Waals surface area contributed by atoms with Crippen LogP contribution in [0.3, 0.4) is 0 Å². The van der Waals surface area contributed by atoms with Crippen LogP contribution >= 0.6 is 0 Å². The van der Waals surface area contributed by atoms with E-state index in [1.165, 1.54) is 0 Å². The number of hydrogen-bond donors (Lipinski definition) is 2. The van der Waals surface area contributed by atoms with Crippen LogP contribution in [0, 0.1) is 0 Å². The molecule has 4 rings (SSSR count). The van der Waals surface area contributed by atoms with Gasteiger partial charge in [0.25, 0.3) is 5.91 Å². The van der Waals surface area contributed by atoms with E-state index in [-0.39, 0.29) is 5.91 Å². The molecule has 4 aromatic rings. The second-order valence-corrected chi connectivity index (χ2v) is 6.62. The van der Waals surface area contributed by atoms with Gasteiger partial charge in [0.1, 0.15) is 5.69 Å². The van der Waals surface area contributed by atoms with E-state index in [0.29, 0.717) is 40.0 Å². The van der Waals surface area contributed by atoms with Crippen LogP contribution in [0.1, 0.15) is 10.5 Å². The number of carbonyl (C=O) groups is 1. The van der Waals surface area contributed by atoms with Gasteiger partial charge in [-0.05, 0) is 30.3 Å². The Labute approximate surface area is 179 Å². The molecule has 0 unspecified atom stereocenters. The lowest BCUT2D eigenvalue weighted by Crippen LogP contribution is -2.13. The van der Waals surface area contributed by atoms with E-state index in [2.05, 4.69) is 25.6 Å². The van der Waals surface area contributed by atoms with Crippen molar-refractivity contribution in [3.8, 4) is 22.8 Å². The first kappa shape index (κ1) is 20.1. The Balaban J connectivity index is 1.79. The maximum atomic E-state index is 12.5. The van der Waals surface area contributed by atoms with Gasteiger partial charge in [-0.25, -0.2) is 9.97 Å². The Morgan fingerprint density at radius 3 is 2.45 bits per heavy atom. The lowest BCUT2D eigenvalue weighted by Gasteiger charge is -2.13. The number of nitrogens with zero attached hydrogens (tertiary/aromatic N) is 3. The number of pyridine rings is 1. The summed E-state index contributed by atoms with van der Waals surface area (Å²) < 4.78 is 10.9. The minimum atomic E-state index is -0.285. The van der Waals surface area contributed by atoms with E-state index in [0.717, 1.165) is 10.9 Å². The Morgan fingerprint density at radius 1 is 0.935 bits per heavy atom. The van der Waals surface area contributed by atoms with Gasteiger partial charge in [-0.2, -0.15) is 0 Å². The molecule has 8 nitrogen and oxygen atoms in total. The molecule has 0 aliphatic carbocycles. The Hall–Kier alpha value is -4.20. The molecular weight excluding hydrogens is 394 g/mol. The maximum absolute atomic E-state index is 12.5. The second-order valence-electron chi connectivity index (χ2n) is 6.62. The minimum absolute atomic E-state index is 0.285. The van der Waals surface area contributed by atoms with E-state index in [1.54, 1.807) is 45.7 Å². The molecule has 31 heavy (non-hydrogen) atoms. The third kappa shape index (κ3) is 4.09. The number of hydrogen-bond acceptors (Lipinski definition) is 7. The van der Waals surface area contributed by atoms with Crippen molar-refractivity contribution in [1.82, 2.24) is 15.0 Å². The summed E-state index contributed by atoms with van der Waals surface area (Å²) in [5.74, 6) is 1.35. The van der Waals surface area contributed by atoms with Crippen LogP contribution in [0.4, 0.5) is 11.6 Å². The molecule has 2 aromatic heterocycles. The van der Waals surface area contributed by atoms with Crippen molar-refractivity contribution in [3.05, 3.63) is 66.5 Å². The average molecular weight is 415 g/mol. The van der Waals surface area contributed by atoms with Gasteiger partial charge >= 0.3 is 0 Å². The Bertz CT molecular complexity index is 1240. The van der Waals surface area contributed by atoms with Crippen LogP contribution in [-0.2, 0) is 0 Å². The molecule has 2 aromatic carbocycles. The zero-order valence-corrected chi connectivity index (χ0v) is 17.3. The molecule has 0 atom stereocenters. The molecule has 0 aliphatic heterocycles. The van der Waals surface area contributed by atoms with Gasteiger partial charge < -0.3 is 20.1 Å². The van der Waals surface area contributed by atoms with Crippen molar-refractivity contribution < 1.29 is 14.3 Å². The van der Waals surface area contributed by atoms with Crippen molar-refractivity contribution in [1.29, 1.82) is 0 Å². The zero-order valence-electron chi connectivity index (χ0n) is 17.3. The summed E-state index contributed by atoms with van der Waals surface area (Å²) in [6, 6.07) is 16.3. The molecule has 2 N–H and O–H groups in total. The molecule has 0 bridgehead atoms. The van der Waals surface area contributed by atoms with Crippen LogP contribution in [0.5, 0.6) is 11.5 Å². The third-order valence-electron chi connectivity index (χ3n) is 4.72. The fourth-order valence-electron chi connectivity index (χ4n) is 3.22. The highest BCUT2D eigenvalue weighted by Crippen LogP contribution is 2.36. The van der Waals surface area contributed by atoms with Gasteiger partial charge in [0.15, 0.2) is 11.5 Å². The van der Waals surface area contributed by atoms with Gasteiger partial charge in [-0.3, -0.25) is 9.78 Å². The molecule has 0 fully saturated rings. The highest BCUT2D eigenvalue weighted by atomic mass is 16.5. The molecule has 0 aliphatic rings. The quantitative estimate of drug-likeness (QED) is 0.491. The number of ether oxygens (including phenoxy) is 2. The van der Waals surface area contributed by atoms with Gasteiger partial charge in [-0.1, -0.05) is 18.2 Å². The minimum Gasteiger partial charge on any atom is -0.493 e. The highest BCUT2D eigenvalue weighted by Gasteiger charge is 2.15. The van der Waals surface area contributed by atoms with Crippen molar-refractivity contribution in [2.24, 2.45) is 0 Å². The van der Waals surface area contributed by atoms with E-state index >= 15 is 0 Å². The number of nitrogens with one attached hydrogen (secondary N) is 2. The number of amides is 1. The molecule has 8 heteroatoms. The van der Waals surface area contributed by atoms with Crippen molar-refractivity contribution in [3.63, 3.8) is 0 Å². The van der Waals surface area contributed by atoms with E-state index in [9.17, 15) is 4.79 Å². The first-order valence-corrected chi connectivity index (χ1v) is 9.57. The normalized spacial score (nSPS) is 10.5. The standard InChI is InChI=1S/C23H21N5O3/c1-24-23-27-18-13-20(31-3)19(30-2)12-16(18)21(28-23)14-7-6-8-15(11-14)26-22(29)17-9-4-5-10-25-17/h4-13H,1-3H3,(H,26,29)(H,24,27,28). The number of rotatable bonds is 6. The number of benzene rings is 2. The van der Waals surface area contributed by atoms with Crippen LogP contribution in [-0.4, -0.2) is 42.1 Å². The summed E-state index contributed by atoms with van der Waals surface area (Å²) in [5, 5.41) is 6.67. The summed E-state index contributed by atoms with van der Waals surface area (Å²) in [5.41, 5.74) is 3.19. The predicted molar refractivity (Wildman–Crippen MR) is 120 cm³/mol. The van der Waals surface area contributed by atoms with Crippen LogP contribution in [0.2, 0.25) is 0 Å². The smallest absolute Gasteiger partial charge is 0.274 e. The molecule has 2 heterocycles. The summed E-state index contributed by atoms with van der Waals surface area (Å²) in [6.07, 6.45) is 1.58. The number of carbonyl (C=O) groups excluding carboxylic acids is 1. The number of aromatic nitrogens is 3. The Kier molecular flexibility index (Phi) is 5.61. The van der Waals surface area contributed by atoms with E-state index < -0.39 is 0 Å². The van der Waals surface area contributed by atoms with Gasteiger partial charge in [0.2, 0.25) is 5.95 Å². The lowest BCUT2D eigenvalue weighted by atomic mass is 10.0. The van der Waals surface area contributed by atoms with Gasteiger partial charge in [0, 0.05) is 35.9 Å². The highest BCUT2D eigenvalue weighted by molar-refractivity contribution is 6.03. The number of fused-ring (bicyclic) bond motifs is 1. The SMILES string of the molecule is CNc1nc(-c2cccc(NC(=O)c3ccccn3)c2)c2cc(OC)c(OC)cc2n1. The van der Waals surface area contributed by atoms with Crippen LogP contribution < -0.4 is 20.1 Å². The molecule has 0 spiro atoms. The largest absolute Gasteiger partial charge is 0.493 e. The molecule has 0 saturated carbocycles. The molecule has 0 radical (unpaired) electrons. The fraction of sp³-hybridized carbons (Fsp3) is 0.130. The van der Waals surface area contributed by atoms with Gasteiger partial charge in [-0.15, -0.1) is 0 Å². The molecule has 1 amide bonds. The summed E-state index contributed by atoms with van der Waals surface area (Å²) in [7, 11) is 4.92. The summed E-state index contributed by atoms with van der Waals surface area (Å²) >= 11 is 0. The Morgan fingerprint density at radius 2 is 1.74 bits per heavy atom. The maximum Gasteiger partial charge on any atom is 0.274 e. The van der Waals surface area contributed by atoms with Crippen LogP contribution in [0.25, 0.3) is 22.2 Å². The summed E-state index contributed by atoms with van der Waals surface area (Å²) in [4.78, 5) is 25.8. The van der Waals surface area contributed by atoms with Crippen molar-refractivity contribution in [2.45, 2.75) is 0 Å². The predicted octanol–water partition coefficient (Wildman–Crippen LogP) is 4.00. The van der Waals surface area contributed by atoms with E-state index in [4.69, 9.17) is 9.47 Å². The molecule has 0 saturated heterocycles.